The van der Waals surface area contributed by atoms with E-state index < -0.39 is 99.2 Å². The summed E-state index contributed by atoms with van der Waals surface area (Å²) in [5.41, 5.74) is -3.78. The van der Waals surface area contributed by atoms with E-state index in [0.29, 0.717) is 5.56 Å². The van der Waals surface area contributed by atoms with Crippen LogP contribution in [-0.2, 0) is 48.4 Å². The number of alkyl halides is 1. The number of ether oxygens (including phenoxy) is 1. The molecule has 65 heavy (non-hydrogen) atoms. The van der Waals surface area contributed by atoms with Crippen molar-refractivity contribution in [1.82, 2.24) is 39.0 Å². The molecule has 3 aliphatic heterocycles. The molecule has 4 N–H and O–H groups in total. The monoisotopic (exact) mass is 1010 g/mol. The minimum absolute atomic E-state index is 0.0363. The summed E-state index contributed by atoms with van der Waals surface area (Å²) in [4.78, 5) is 74.5. The number of H-pyrrole nitrogens is 1. The lowest BCUT2D eigenvalue weighted by atomic mass is 10.1. The summed E-state index contributed by atoms with van der Waals surface area (Å²) < 4.78 is 71.1. The lowest BCUT2D eigenvalue weighted by Gasteiger charge is -2.41. The van der Waals surface area contributed by atoms with Crippen LogP contribution in [0.2, 0.25) is 18.1 Å². The van der Waals surface area contributed by atoms with Gasteiger partial charge in [0.1, 0.15) is 30.0 Å². The molecule has 28 heteroatoms. The van der Waals surface area contributed by atoms with Crippen molar-refractivity contribution < 1.29 is 50.7 Å². The van der Waals surface area contributed by atoms with Crippen molar-refractivity contribution in [3.05, 3.63) is 65.2 Å². The third kappa shape index (κ3) is 9.92. The van der Waals surface area contributed by atoms with E-state index in [9.17, 15) is 23.8 Å². The number of rotatable bonds is 8. The molecule has 4 aromatic heterocycles. The summed E-state index contributed by atoms with van der Waals surface area (Å²) in [7, 11) is -7.85. The van der Waals surface area contributed by atoms with Crippen LogP contribution in [0.3, 0.4) is 0 Å². The Labute approximate surface area is 386 Å². The number of nitrogens with one attached hydrogen (secondary N) is 3. The average Bonchev–Trinajstić information content (AvgIpc) is 4.00. The van der Waals surface area contributed by atoms with Crippen molar-refractivity contribution in [2.75, 3.05) is 23.8 Å². The fourth-order valence-corrected chi connectivity index (χ4v) is 13.1. The highest BCUT2D eigenvalue weighted by Crippen LogP contribution is 2.61. The molecule has 3 aliphatic rings. The number of imidazole rings is 2. The first kappa shape index (κ1) is 48.0. The molecule has 1 aromatic carbocycles. The van der Waals surface area contributed by atoms with Crippen molar-refractivity contribution in [1.29, 1.82) is 0 Å². The first-order valence-electron chi connectivity index (χ1n) is 20.3. The van der Waals surface area contributed by atoms with Crippen molar-refractivity contribution in [3.63, 3.8) is 0 Å². The quantitative estimate of drug-likeness (QED) is 0.0666. The highest BCUT2D eigenvalue weighted by molar-refractivity contribution is 8.60. The molecule has 2 bridgehead atoms. The maximum absolute atomic E-state index is 16.9. The van der Waals surface area contributed by atoms with Gasteiger partial charge in [-0.15, -0.1) is 11.8 Å². The summed E-state index contributed by atoms with van der Waals surface area (Å²) in [6, 6.07) is 8.43. The van der Waals surface area contributed by atoms with E-state index in [4.69, 9.17) is 39.1 Å². The largest absolute Gasteiger partial charge is 0.472 e. The lowest BCUT2D eigenvalue weighted by Crippen LogP contribution is -2.50. The first-order chi connectivity index (χ1) is 30.5. The molecule has 2 unspecified atom stereocenters. The van der Waals surface area contributed by atoms with Crippen LogP contribution in [0.25, 0.3) is 22.3 Å². The number of hydrogen-bond acceptors (Lipinski definition) is 17. The van der Waals surface area contributed by atoms with Gasteiger partial charge in [-0.25, -0.2) is 28.9 Å². The van der Waals surface area contributed by atoms with Gasteiger partial charge in [-0.2, -0.15) is 4.98 Å². The maximum Gasteiger partial charge on any atom is 0.472 e. The number of benzene rings is 1. The predicted molar refractivity (Wildman–Crippen MR) is 247 cm³/mol. The number of fused-ring (bicyclic) bond motifs is 5. The molecule has 10 atom stereocenters. The second-order valence-electron chi connectivity index (χ2n) is 17.3. The second-order valence-corrected chi connectivity index (χ2v) is 30.1. The number of halogens is 1. The number of hydrogen-bond donors (Lipinski definition) is 5. The van der Waals surface area contributed by atoms with Crippen LogP contribution in [0.15, 0.2) is 54.1 Å². The molecular weight excluding hydrogens is 966 g/mol. The Balaban J connectivity index is 1.12. The molecule has 3 fully saturated rings. The van der Waals surface area contributed by atoms with E-state index in [0.717, 1.165) is 0 Å². The van der Waals surface area contributed by atoms with Crippen LogP contribution in [0, 0.1) is 5.92 Å². The van der Waals surface area contributed by atoms with Gasteiger partial charge in [0.25, 0.3) is 11.5 Å². The van der Waals surface area contributed by atoms with Gasteiger partial charge in [-0.3, -0.25) is 42.9 Å². The Morgan fingerprint density at radius 2 is 1.74 bits per heavy atom. The number of phosphoric ester groups is 1. The van der Waals surface area contributed by atoms with Crippen LogP contribution in [0.5, 0.6) is 0 Å². The molecule has 5 aromatic rings. The Bertz CT molecular complexity index is 2780. The van der Waals surface area contributed by atoms with Gasteiger partial charge in [-0.05, 0) is 42.1 Å². The minimum atomic E-state index is -5.13. The molecule has 2 amide bonds. The van der Waals surface area contributed by atoms with Crippen molar-refractivity contribution >= 4 is 104 Å². The van der Waals surface area contributed by atoms with E-state index >= 15 is 4.39 Å². The van der Waals surface area contributed by atoms with Gasteiger partial charge in [0.05, 0.1) is 37.2 Å². The Morgan fingerprint density at radius 1 is 1.03 bits per heavy atom. The number of thiol groups is 1. The Kier molecular flexibility index (Phi) is 13.4. The van der Waals surface area contributed by atoms with Crippen molar-refractivity contribution in [3.8, 4) is 0 Å². The average molecular weight is 1010 g/mol. The number of aromatic amines is 1. The smallest absolute Gasteiger partial charge is 0.410 e. The third-order valence-corrected chi connectivity index (χ3v) is 20.7. The van der Waals surface area contributed by atoms with E-state index in [1.165, 1.54) is 39.9 Å². The third-order valence-electron chi connectivity index (χ3n) is 11.5. The molecule has 0 spiro atoms. The van der Waals surface area contributed by atoms with Crippen molar-refractivity contribution in [2.45, 2.75) is 100 Å². The fourth-order valence-electron chi connectivity index (χ4n) is 7.05. The molecule has 350 valence electrons. The van der Waals surface area contributed by atoms with Gasteiger partial charge < -0.3 is 28.4 Å². The molecule has 7 heterocycles. The number of aromatic nitrogens is 8. The number of carbonyl (C=O) groups excluding carboxylic acids is 2. The number of carbonyl (C=O) groups is 2. The lowest BCUT2D eigenvalue weighted by molar-refractivity contribution is -0.118. The number of anilines is 2. The number of thioether (sulfide) groups is 1. The van der Waals surface area contributed by atoms with Crippen LogP contribution < -0.4 is 16.2 Å². The maximum atomic E-state index is 16.9. The van der Waals surface area contributed by atoms with Crippen LogP contribution in [-0.4, -0.2) is 113 Å². The molecule has 8 rings (SSSR count). The van der Waals surface area contributed by atoms with Crippen LogP contribution in [0.4, 0.5) is 16.2 Å². The van der Waals surface area contributed by atoms with Gasteiger partial charge in [-0.1, -0.05) is 65.1 Å². The summed E-state index contributed by atoms with van der Waals surface area (Å²) in [6.45, 7) is 12.5. The Morgan fingerprint density at radius 3 is 2.45 bits per heavy atom. The van der Waals surface area contributed by atoms with Crippen molar-refractivity contribution in [2.24, 2.45) is 5.92 Å². The minimum Gasteiger partial charge on any atom is -0.410 e. The predicted octanol–water partition coefficient (Wildman–Crippen LogP) is 6.12. The van der Waals surface area contributed by atoms with Crippen LogP contribution in [0.1, 0.15) is 56.6 Å². The molecule has 0 aliphatic carbocycles. The zero-order valence-electron chi connectivity index (χ0n) is 35.9. The van der Waals surface area contributed by atoms with E-state index in [-0.39, 0.29) is 45.7 Å². The van der Waals surface area contributed by atoms with Gasteiger partial charge in [0, 0.05) is 11.5 Å². The highest BCUT2D eigenvalue weighted by atomic mass is 32.9. The molecule has 3 saturated heterocycles. The highest BCUT2D eigenvalue weighted by Gasteiger charge is 2.56. The van der Waals surface area contributed by atoms with E-state index in [1.54, 1.807) is 44.2 Å². The summed E-state index contributed by atoms with van der Waals surface area (Å²) in [5.74, 6) is -1.37. The zero-order chi connectivity index (χ0) is 46.8. The summed E-state index contributed by atoms with van der Waals surface area (Å²) in [6.07, 6.45) is -5.00. The second kappa shape index (κ2) is 18.2. The zero-order valence-corrected chi connectivity index (χ0v) is 41.2. The summed E-state index contributed by atoms with van der Waals surface area (Å²) >= 11 is 11.6. The standard InChI is InChI=1S/C37H47FN10O11P2S3Si/c1-18(2)31(49)45-36-44-30-24(33(51)46-36)42-17-48(30)35-27-26(59-65(6,7)37(3,4)5)21(64-35)14-55-61(62,63)58-25-20(13-54-60(52,53)57-27)56-34(22(25)38)47-16-41-23-28(39-15-40-29(23)47)43-32(50)19-11-9-8-10-12-19/h8-12,15-18,20-22,25-27,34-35H,13-14H2,1-7H3,(H,52,53)(H,62,63)(H,39,40,43,50)(H2,44,45,46,49,51)/t20-,21-,22+,25-,26-,27-,34-,35-/m1/s1. The van der Waals surface area contributed by atoms with E-state index in [1.807, 2.05) is 33.9 Å². The van der Waals surface area contributed by atoms with Gasteiger partial charge >= 0.3 is 7.82 Å². The van der Waals surface area contributed by atoms with Crippen LogP contribution >= 0.6 is 37.5 Å². The SMILES string of the molecule is CC(C)C(=O)Nc1nc2c(ncn2[C@@H]2S[C@@H]3COP(=S)(S)O[C@H]4[C@H](F)[C@H](n5cnc6c(NC(=O)c7ccccc7)ncnc65)O[C@@H]4COP(=O)(O)O[C@@H]2[C@@H]3O[Si](C)(C)C(C)(C)C)c(=O)[nH]1. The number of amides is 2. The number of phosphoric acid groups is 1. The molecular formula is C37H47FN10O11P2S3Si. The van der Waals surface area contributed by atoms with Gasteiger partial charge in [0.2, 0.25) is 17.5 Å². The van der Waals surface area contributed by atoms with E-state index in [2.05, 4.69) is 52.8 Å². The fraction of sp³-hybridized carbons (Fsp3) is 0.514. The Hall–Kier alpha value is -3.49. The molecule has 0 radical (unpaired) electrons. The first-order valence-corrected chi connectivity index (χ1v) is 29.4. The van der Waals surface area contributed by atoms with Gasteiger partial charge in [0.15, 0.2) is 48.9 Å². The molecule has 21 nitrogen and oxygen atoms in total. The number of nitrogens with zero attached hydrogens (tertiary/aromatic N) is 7. The summed E-state index contributed by atoms with van der Waals surface area (Å²) in [5, 5.41) is 3.27. The normalized spacial score (nSPS) is 30.1. The molecule has 0 saturated carbocycles. The topological polar surface area (TPSA) is 258 Å².